The fourth-order valence-electron chi connectivity index (χ4n) is 3.51. The van der Waals surface area contributed by atoms with Gasteiger partial charge in [-0.25, -0.2) is 4.98 Å². The van der Waals surface area contributed by atoms with Crippen LogP contribution in [0.4, 0.5) is 0 Å². The molecular formula is C26H17N3O4S2. The molecule has 0 aliphatic rings. The lowest BCUT2D eigenvalue weighted by Crippen LogP contribution is -1.97. The van der Waals surface area contributed by atoms with E-state index in [2.05, 4.69) is 45.5 Å². The van der Waals surface area contributed by atoms with E-state index in [-0.39, 0.29) is 0 Å². The zero-order valence-electron chi connectivity index (χ0n) is 18.4. The van der Waals surface area contributed by atoms with Crippen LogP contribution in [0.2, 0.25) is 0 Å². The van der Waals surface area contributed by atoms with Crippen molar-refractivity contribution in [2.75, 3.05) is 0 Å². The Hall–Kier alpha value is -4.21. The first kappa shape index (κ1) is 22.6. The van der Waals surface area contributed by atoms with Gasteiger partial charge in [0.25, 0.3) is 12.9 Å². The molecule has 0 N–H and O–H groups in total. The Bertz CT molecular complexity index is 1530. The molecule has 0 saturated carbocycles. The molecule has 5 heterocycles. The van der Waals surface area contributed by atoms with Crippen molar-refractivity contribution in [3.63, 3.8) is 0 Å². The quantitative estimate of drug-likeness (QED) is 0.240. The summed E-state index contributed by atoms with van der Waals surface area (Å²) in [6.45, 7) is 2.79. The third-order valence-electron chi connectivity index (χ3n) is 5.10. The second-order valence-corrected chi connectivity index (χ2v) is 9.62. The van der Waals surface area contributed by atoms with Crippen LogP contribution in [0.5, 0.6) is 11.5 Å². The first-order chi connectivity index (χ1) is 17.1. The molecule has 5 aromatic rings. The van der Waals surface area contributed by atoms with Crippen molar-refractivity contribution < 1.29 is 19.1 Å². The van der Waals surface area contributed by atoms with Gasteiger partial charge in [0.05, 0.1) is 22.8 Å². The second kappa shape index (κ2) is 9.96. The molecule has 0 atom stereocenters. The van der Waals surface area contributed by atoms with Gasteiger partial charge in [0.2, 0.25) is 0 Å². The minimum absolute atomic E-state index is 0.293. The zero-order chi connectivity index (χ0) is 24.2. The van der Waals surface area contributed by atoms with Gasteiger partial charge >= 0.3 is 0 Å². The molecule has 0 bridgehead atoms. The topological polar surface area (TPSA) is 91.3 Å². The van der Waals surface area contributed by atoms with Crippen LogP contribution in [0, 0.1) is 6.92 Å². The van der Waals surface area contributed by atoms with Crippen molar-refractivity contribution in [2.45, 2.75) is 6.92 Å². The summed E-state index contributed by atoms with van der Waals surface area (Å²) in [7, 11) is 0. The Morgan fingerprint density at radius 1 is 0.714 bits per heavy atom. The number of nitrogens with zero attached hydrogens (tertiary/aromatic N) is 3. The lowest BCUT2D eigenvalue weighted by atomic mass is 10.1. The Labute approximate surface area is 208 Å². The van der Waals surface area contributed by atoms with Crippen molar-refractivity contribution in [2.24, 2.45) is 0 Å². The lowest BCUT2D eigenvalue weighted by Gasteiger charge is -2.09. The predicted molar refractivity (Wildman–Crippen MR) is 135 cm³/mol. The molecule has 0 unspecified atom stereocenters. The number of carbonyl (C=O) groups is 2. The maximum absolute atomic E-state index is 11.0. The number of thiophene rings is 2. The highest BCUT2D eigenvalue weighted by Crippen LogP contribution is 2.37. The van der Waals surface area contributed by atoms with Crippen molar-refractivity contribution in [1.29, 1.82) is 0 Å². The summed E-state index contributed by atoms with van der Waals surface area (Å²) in [6.07, 6.45) is 3.23. The van der Waals surface area contributed by atoms with E-state index < -0.39 is 0 Å². The van der Waals surface area contributed by atoms with E-state index in [0.29, 0.717) is 47.2 Å². The highest BCUT2D eigenvalue weighted by molar-refractivity contribution is 7.21. The van der Waals surface area contributed by atoms with Crippen LogP contribution in [0.15, 0.2) is 72.4 Å². The zero-order valence-corrected chi connectivity index (χ0v) is 20.0. The molecule has 7 nitrogen and oxygen atoms in total. The summed E-state index contributed by atoms with van der Waals surface area (Å²) in [6, 6.07) is 16.7. The third kappa shape index (κ3) is 5.01. The van der Waals surface area contributed by atoms with Gasteiger partial charge in [-0.15, -0.1) is 22.7 Å². The summed E-state index contributed by atoms with van der Waals surface area (Å²) in [5.74, 6) is 0.617. The van der Waals surface area contributed by atoms with Crippen LogP contribution in [0.25, 0.3) is 43.7 Å². The van der Waals surface area contributed by atoms with E-state index >= 15 is 0 Å². The summed E-state index contributed by atoms with van der Waals surface area (Å²) in [5.41, 5.74) is 4.09. The first-order valence-electron chi connectivity index (χ1n) is 10.4. The normalized spacial score (nSPS) is 10.7. The average molecular weight is 500 g/mol. The van der Waals surface area contributed by atoms with E-state index in [1.807, 2.05) is 12.1 Å². The number of carbonyl (C=O) groups excluding carboxylic acids is 2. The average Bonchev–Trinajstić information content (AvgIpc) is 3.54. The van der Waals surface area contributed by atoms with Crippen LogP contribution >= 0.6 is 22.7 Å². The largest absolute Gasteiger partial charge is 0.429 e. The third-order valence-corrected chi connectivity index (χ3v) is 7.23. The Kier molecular flexibility index (Phi) is 6.42. The highest BCUT2D eigenvalue weighted by atomic mass is 32.1. The van der Waals surface area contributed by atoms with Crippen LogP contribution < -0.4 is 9.47 Å². The summed E-state index contributed by atoms with van der Waals surface area (Å²) in [4.78, 5) is 39.0. The maximum Gasteiger partial charge on any atom is 0.298 e. The molecule has 0 aliphatic carbocycles. The lowest BCUT2D eigenvalue weighted by molar-refractivity contribution is -0.121. The number of pyridine rings is 3. The van der Waals surface area contributed by atoms with E-state index in [4.69, 9.17) is 9.47 Å². The van der Waals surface area contributed by atoms with Crippen LogP contribution in [-0.4, -0.2) is 27.9 Å². The molecule has 172 valence electrons. The monoisotopic (exact) mass is 499 g/mol. The molecule has 0 spiro atoms. The van der Waals surface area contributed by atoms with Gasteiger partial charge in [-0.2, -0.15) is 0 Å². The standard InChI is InChI=1S/C26H17N3O4S2/c1-16-2-3-25(35-16)26-9-18(13-34-26)17-4-6-27-21(8-17)23-11-20(33-15-31)12-24(29-23)22-10-19(32-14-30)5-7-28-22/h2-15H,1H3. The van der Waals surface area contributed by atoms with Gasteiger partial charge in [0.15, 0.2) is 0 Å². The fraction of sp³-hybridized carbons (Fsp3) is 0.0385. The molecule has 0 radical (unpaired) electrons. The number of aryl methyl sites for hydroxylation is 1. The summed E-state index contributed by atoms with van der Waals surface area (Å²) >= 11 is 3.47. The predicted octanol–water partition coefficient (Wildman–Crippen LogP) is 6.04. The number of aromatic nitrogens is 3. The van der Waals surface area contributed by atoms with E-state index in [1.165, 1.54) is 20.8 Å². The second-order valence-electron chi connectivity index (χ2n) is 7.42. The number of rotatable bonds is 8. The molecule has 5 aromatic heterocycles. The van der Waals surface area contributed by atoms with E-state index in [0.717, 1.165) is 11.1 Å². The molecule has 0 fully saturated rings. The molecule has 0 aliphatic heterocycles. The maximum atomic E-state index is 11.0. The van der Waals surface area contributed by atoms with Crippen molar-refractivity contribution >= 4 is 35.6 Å². The molecule has 5 rings (SSSR count). The van der Waals surface area contributed by atoms with Gasteiger partial charge in [-0.1, -0.05) is 0 Å². The van der Waals surface area contributed by atoms with E-state index in [9.17, 15) is 9.59 Å². The summed E-state index contributed by atoms with van der Waals surface area (Å²) < 4.78 is 10.0. The van der Waals surface area contributed by atoms with Gasteiger partial charge in [0.1, 0.15) is 11.5 Å². The van der Waals surface area contributed by atoms with Crippen molar-refractivity contribution in [3.05, 3.63) is 77.2 Å². The minimum Gasteiger partial charge on any atom is -0.429 e. The van der Waals surface area contributed by atoms with Gasteiger partial charge in [-0.05, 0) is 59.8 Å². The molecule has 0 saturated heterocycles. The smallest absolute Gasteiger partial charge is 0.298 e. The Morgan fingerprint density at radius 3 is 2.11 bits per heavy atom. The fourth-order valence-corrected chi connectivity index (χ4v) is 5.39. The minimum atomic E-state index is 0.293. The number of hydrogen-bond donors (Lipinski definition) is 0. The van der Waals surface area contributed by atoms with Crippen LogP contribution in [-0.2, 0) is 9.59 Å². The first-order valence-corrected chi connectivity index (χ1v) is 12.1. The van der Waals surface area contributed by atoms with E-state index in [1.54, 1.807) is 53.1 Å². The molecule has 0 aromatic carbocycles. The Morgan fingerprint density at radius 2 is 1.40 bits per heavy atom. The molecule has 0 amide bonds. The SMILES string of the molecule is Cc1ccc(-c2cc(-c3ccnc(-c4cc(OC=O)cc(-c5cc(OC=O)ccn5)n4)c3)cs2)s1. The number of ether oxygens (including phenoxy) is 2. The van der Waals surface area contributed by atoms with Gasteiger partial charge < -0.3 is 9.47 Å². The molecular weight excluding hydrogens is 482 g/mol. The van der Waals surface area contributed by atoms with Crippen molar-refractivity contribution in [1.82, 2.24) is 15.0 Å². The highest BCUT2D eigenvalue weighted by Gasteiger charge is 2.13. The molecule has 35 heavy (non-hydrogen) atoms. The van der Waals surface area contributed by atoms with Gasteiger partial charge in [-0.3, -0.25) is 19.6 Å². The van der Waals surface area contributed by atoms with Crippen LogP contribution in [0.3, 0.4) is 0 Å². The van der Waals surface area contributed by atoms with Crippen molar-refractivity contribution in [3.8, 4) is 55.2 Å². The van der Waals surface area contributed by atoms with Gasteiger partial charge in [0, 0.05) is 45.2 Å². The molecule has 9 heteroatoms. The summed E-state index contributed by atoms with van der Waals surface area (Å²) in [5, 5.41) is 2.12. The Balaban J connectivity index is 1.53. The number of hydrogen-bond acceptors (Lipinski definition) is 9. The van der Waals surface area contributed by atoms with Crippen LogP contribution in [0.1, 0.15) is 4.88 Å².